The number of aromatic nitrogens is 2. The minimum Gasteiger partial charge on any atom is -0.336 e. The molecule has 0 spiro atoms. The summed E-state index contributed by atoms with van der Waals surface area (Å²) < 4.78 is 1.77. The fraction of sp³-hybridized carbons (Fsp3) is 0.688. The Hall–Kier alpha value is -1.60. The molecule has 0 aromatic carbocycles. The first-order valence-electron chi connectivity index (χ1n) is 8.41. The molecule has 0 unspecified atom stereocenters. The average Bonchev–Trinajstić information content (AvgIpc) is 3.09. The third kappa shape index (κ3) is 3.15. The monoisotopic (exact) mass is 353 g/mol. The molecule has 3 fully saturated rings. The van der Waals surface area contributed by atoms with Gasteiger partial charge in [-0.15, -0.1) is 12.4 Å². The van der Waals surface area contributed by atoms with E-state index in [1.54, 1.807) is 9.58 Å². The Labute approximate surface area is 147 Å². The van der Waals surface area contributed by atoms with Crippen LogP contribution in [-0.4, -0.2) is 70.2 Å². The summed E-state index contributed by atoms with van der Waals surface area (Å²) in [6, 6.07) is 0.441. The second kappa shape index (κ2) is 6.72. The lowest BCUT2D eigenvalue weighted by molar-refractivity contribution is -0.147. The Morgan fingerprint density at radius 3 is 2.71 bits per heavy atom. The maximum absolute atomic E-state index is 12.9. The molecule has 1 aromatic heterocycles. The molecule has 2 aliphatic heterocycles. The molecule has 0 radical (unpaired) electrons. The average molecular weight is 354 g/mol. The van der Waals surface area contributed by atoms with Crippen molar-refractivity contribution in [2.24, 2.45) is 13.0 Å². The number of rotatable bonds is 3. The summed E-state index contributed by atoms with van der Waals surface area (Å²) in [4.78, 5) is 28.9. The minimum absolute atomic E-state index is 0. The molecule has 4 rings (SSSR count). The van der Waals surface area contributed by atoms with Crippen molar-refractivity contribution in [2.75, 3.05) is 32.7 Å². The number of nitrogens with zero attached hydrogens (tertiary/aromatic N) is 4. The van der Waals surface area contributed by atoms with Crippen LogP contribution in [0.5, 0.6) is 0 Å². The van der Waals surface area contributed by atoms with Crippen molar-refractivity contribution in [3.05, 3.63) is 18.0 Å². The lowest BCUT2D eigenvalue weighted by Crippen LogP contribution is -2.54. The molecular formula is C16H24ClN5O2. The number of hydrogen-bond donors (Lipinski definition) is 1. The van der Waals surface area contributed by atoms with Crippen molar-refractivity contribution < 1.29 is 9.59 Å². The molecule has 3 heterocycles. The van der Waals surface area contributed by atoms with E-state index < -0.39 is 0 Å². The van der Waals surface area contributed by atoms with E-state index in [1.165, 1.54) is 0 Å². The van der Waals surface area contributed by atoms with Crippen LogP contribution < -0.4 is 5.32 Å². The molecule has 1 aliphatic carbocycles. The van der Waals surface area contributed by atoms with E-state index in [0.29, 0.717) is 25.7 Å². The van der Waals surface area contributed by atoms with E-state index in [-0.39, 0.29) is 42.6 Å². The maximum atomic E-state index is 12.9. The second-order valence-electron chi connectivity index (χ2n) is 6.90. The summed E-state index contributed by atoms with van der Waals surface area (Å²) in [7, 11) is 1.89. The van der Waals surface area contributed by atoms with E-state index in [2.05, 4.69) is 10.4 Å². The lowest BCUT2D eigenvalue weighted by atomic mass is 9.89. The van der Waals surface area contributed by atoms with Crippen LogP contribution in [-0.2, 0) is 16.6 Å². The smallest absolute Gasteiger partial charge is 0.242 e. The summed E-state index contributed by atoms with van der Waals surface area (Å²) in [5.41, 5.74) is 1.10. The van der Waals surface area contributed by atoms with Crippen LogP contribution in [0.3, 0.4) is 0 Å². The Balaban J connectivity index is 0.00000169. The zero-order valence-electron chi connectivity index (χ0n) is 13.9. The van der Waals surface area contributed by atoms with Crippen LogP contribution >= 0.6 is 12.4 Å². The summed E-state index contributed by atoms with van der Waals surface area (Å²) in [5, 5.41) is 7.54. The number of hydrogen-bond acceptors (Lipinski definition) is 4. The molecule has 2 saturated heterocycles. The van der Waals surface area contributed by atoms with Gasteiger partial charge in [0.2, 0.25) is 11.8 Å². The van der Waals surface area contributed by atoms with Gasteiger partial charge in [-0.25, -0.2) is 0 Å². The first-order chi connectivity index (χ1) is 11.1. The van der Waals surface area contributed by atoms with Gasteiger partial charge < -0.3 is 15.1 Å². The third-order valence-electron chi connectivity index (χ3n) is 5.24. The van der Waals surface area contributed by atoms with Crippen molar-refractivity contribution in [1.29, 1.82) is 0 Å². The summed E-state index contributed by atoms with van der Waals surface area (Å²) in [6.45, 7) is 3.06. The van der Waals surface area contributed by atoms with E-state index >= 15 is 0 Å². The summed E-state index contributed by atoms with van der Waals surface area (Å²) >= 11 is 0. The van der Waals surface area contributed by atoms with Gasteiger partial charge in [0, 0.05) is 51.4 Å². The van der Waals surface area contributed by atoms with Crippen LogP contribution in [0.25, 0.3) is 0 Å². The first kappa shape index (κ1) is 17.2. The number of halogens is 1. The summed E-state index contributed by atoms with van der Waals surface area (Å²) in [5.74, 6) is 0.260. The standard InChI is InChI=1S/C16H23N5O2.ClH/c1-19-9-11(6-18-19)13-7-17-8-14(13)16(23)20-4-5-21(12-2-3-12)15(22)10-20;/h6,9,12-14,17H,2-5,7-8,10H2,1H3;1H/t13-,14+;/m1./s1. The molecule has 24 heavy (non-hydrogen) atoms. The molecule has 2 atom stereocenters. The van der Waals surface area contributed by atoms with Crippen molar-refractivity contribution in [2.45, 2.75) is 24.8 Å². The topological polar surface area (TPSA) is 70.5 Å². The van der Waals surface area contributed by atoms with Gasteiger partial charge in [-0.05, 0) is 18.4 Å². The quantitative estimate of drug-likeness (QED) is 0.829. The number of carbonyl (C=O) groups is 2. The van der Waals surface area contributed by atoms with Crippen LogP contribution in [0.2, 0.25) is 0 Å². The van der Waals surface area contributed by atoms with E-state index in [4.69, 9.17) is 0 Å². The largest absolute Gasteiger partial charge is 0.336 e. The highest BCUT2D eigenvalue weighted by Gasteiger charge is 2.41. The van der Waals surface area contributed by atoms with Gasteiger partial charge in [-0.1, -0.05) is 0 Å². The number of nitrogens with one attached hydrogen (secondary N) is 1. The van der Waals surface area contributed by atoms with Crippen LogP contribution in [0.1, 0.15) is 24.3 Å². The molecule has 1 N–H and O–H groups in total. The molecule has 1 aromatic rings. The highest BCUT2D eigenvalue weighted by Crippen LogP contribution is 2.31. The molecule has 1 saturated carbocycles. The van der Waals surface area contributed by atoms with Crippen LogP contribution in [0.15, 0.2) is 12.4 Å². The Morgan fingerprint density at radius 1 is 1.29 bits per heavy atom. The number of carbonyl (C=O) groups excluding carboxylic acids is 2. The molecule has 2 amide bonds. The minimum atomic E-state index is -0.0977. The van der Waals surface area contributed by atoms with E-state index in [9.17, 15) is 9.59 Å². The Bertz CT molecular complexity index is 630. The van der Waals surface area contributed by atoms with Crippen LogP contribution in [0, 0.1) is 5.92 Å². The fourth-order valence-electron chi connectivity index (χ4n) is 3.80. The van der Waals surface area contributed by atoms with Gasteiger partial charge in [0.05, 0.1) is 18.7 Å². The lowest BCUT2D eigenvalue weighted by Gasteiger charge is -2.36. The van der Waals surface area contributed by atoms with Gasteiger partial charge in [-0.2, -0.15) is 5.10 Å². The van der Waals surface area contributed by atoms with Crippen molar-refractivity contribution in [1.82, 2.24) is 24.9 Å². The van der Waals surface area contributed by atoms with Gasteiger partial charge in [0.25, 0.3) is 0 Å². The molecule has 3 aliphatic rings. The SMILES string of the molecule is Cl.Cn1cc([C@H]2CNC[C@@H]2C(=O)N2CCN(C3CC3)C(=O)C2)cn1. The third-order valence-corrected chi connectivity index (χ3v) is 5.24. The number of amides is 2. The normalized spacial score (nSPS) is 27.3. The predicted octanol–water partition coefficient (Wildman–Crippen LogP) is -0.0219. The van der Waals surface area contributed by atoms with Crippen LogP contribution in [0.4, 0.5) is 0 Å². The molecular weight excluding hydrogens is 330 g/mol. The molecule has 7 nitrogen and oxygen atoms in total. The highest BCUT2D eigenvalue weighted by atomic mass is 35.5. The molecule has 132 valence electrons. The number of aryl methyl sites for hydroxylation is 1. The van der Waals surface area contributed by atoms with Gasteiger partial charge >= 0.3 is 0 Å². The van der Waals surface area contributed by atoms with Gasteiger partial charge in [0.1, 0.15) is 0 Å². The number of piperazine rings is 1. The zero-order chi connectivity index (χ0) is 16.0. The van der Waals surface area contributed by atoms with Crippen molar-refractivity contribution >= 4 is 24.2 Å². The van der Waals surface area contributed by atoms with Gasteiger partial charge in [0.15, 0.2) is 0 Å². The van der Waals surface area contributed by atoms with Crippen molar-refractivity contribution in [3.63, 3.8) is 0 Å². The highest BCUT2D eigenvalue weighted by molar-refractivity contribution is 5.88. The Kier molecular flexibility index (Phi) is 4.83. The maximum Gasteiger partial charge on any atom is 0.242 e. The summed E-state index contributed by atoms with van der Waals surface area (Å²) in [6.07, 6.45) is 6.06. The second-order valence-corrected chi connectivity index (χ2v) is 6.90. The van der Waals surface area contributed by atoms with Gasteiger partial charge in [-0.3, -0.25) is 14.3 Å². The predicted molar refractivity (Wildman–Crippen MR) is 90.9 cm³/mol. The fourth-order valence-corrected chi connectivity index (χ4v) is 3.80. The van der Waals surface area contributed by atoms with Crippen molar-refractivity contribution in [3.8, 4) is 0 Å². The zero-order valence-corrected chi connectivity index (χ0v) is 14.7. The van der Waals surface area contributed by atoms with E-state index in [1.807, 2.05) is 24.3 Å². The molecule has 8 heteroatoms. The molecule has 0 bridgehead atoms. The van der Waals surface area contributed by atoms with E-state index in [0.717, 1.165) is 24.9 Å². The first-order valence-corrected chi connectivity index (χ1v) is 8.41. The Morgan fingerprint density at radius 2 is 2.08 bits per heavy atom.